The first-order valence-electron chi connectivity index (χ1n) is 10.9. The summed E-state index contributed by atoms with van der Waals surface area (Å²) in [7, 11) is 0. The minimum absolute atomic E-state index is 0.0231. The molecule has 0 atom stereocenters. The van der Waals surface area contributed by atoms with Gasteiger partial charge in [0.05, 0.1) is 16.9 Å². The summed E-state index contributed by atoms with van der Waals surface area (Å²) in [5.74, 6) is -0.229. The standard InChI is InChI=1S/C24H21ClF3N3O2S2/c25-21-19(13-34-16-8-2-1-3-9-16)30-23(35-21)31-22(33)29-18-11-10-15(24(26,27)28)12-17(18)20(32)14-6-4-5-7-14/h1-3,8-12,14H,4-7,13H2,(H2,29,30,31,33). The van der Waals surface area contributed by atoms with Crippen LogP contribution in [-0.2, 0) is 11.9 Å². The van der Waals surface area contributed by atoms with Crippen LogP contribution in [0.5, 0.6) is 0 Å². The second-order valence-electron chi connectivity index (χ2n) is 8.02. The molecule has 2 aromatic carbocycles. The number of urea groups is 1. The predicted molar refractivity (Wildman–Crippen MR) is 134 cm³/mol. The number of ketones is 1. The number of thiazole rings is 1. The Balaban J connectivity index is 1.47. The maximum absolute atomic E-state index is 13.3. The van der Waals surface area contributed by atoms with Gasteiger partial charge in [-0.25, -0.2) is 9.78 Å². The Bertz CT molecular complexity index is 1210. The molecular weight excluding hydrogens is 519 g/mol. The molecular formula is C24H21ClF3N3O2S2. The van der Waals surface area contributed by atoms with Gasteiger partial charge in [-0.15, -0.1) is 11.8 Å². The fourth-order valence-corrected chi connectivity index (χ4v) is 5.90. The van der Waals surface area contributed by atoms with Crippen LogP contribution in [0.3, 0.4) is 0 Å². The number of carbonyl (C=O) groups is 2. The second-order valence-corrected chi connectivity index (χ2v) is 10.7. The molecule has 0 bridgehead atoms. The van der Waals surface area contributed by atoms with Crippen LogP contribution in [0.2, 0.25) is 4.34 Å². The number of aromatic nitrogens is 1. The van der Waals surface area contributed by atoms with Gasteiger partial charge in [0.2, 0.25) is 0 Å². The first-order valence-corrected chi connectivity index (χ1v) is 13.0. The molecule has 11 heteroatoms. The van der Waals surface area contributed by atoms with E-state index < -0.39 is 17.8 Å². The first kappa shape index (κ1) is 25.5. The van der Waals surface area contributed by atoms with Gasteiger partial charge in [-0.05, 0) is 43.2 Å². The van der Waals surface area contributed by atoms with Gasteiger partial charge in [0, 0.05) is 22.1 Å². The summed E-state index contributed by atoms with van der Waals surface area (Å²) in [6.07, 6.45) is -1.63. The smallest absolute Gasteiger partial charge is 0.307 e. The van der Waals surface area contributed by atoms with Gasteiger partial charge in [-0.3, -0.25) is 10.1 Å². The molecule has 1 aliphatic rings. The van der Waals surface area contributed by atoms with Crippen molar-refractivity contribution in [3.63, 3.8) is 0 Å². The number of alkyl halides is 3. The van der Waals surface area contributed by atoms with Crippen LogP contribution < -0.4 is 10.6 Å². The Hall–Kier alpha value is -2.56. The average Bonchev–Trinajstić information content (AvgIpc) is 3.47. The van der Waals surface area contributed by atoms with Gasteiger partial charge in [0.1, 0.15) is 4.34 Å². The topological polar surface area (TPSA) is 71.1 Å². The zero-order valence-electron chi connectivity index (χ0n) is 18.3. The minimum atomic E-state index is -4.60. The first-order chi connectivity index (χ1) is 16.7. The Kier molecular flexibility index (Phi) is 8.03. The molecule has 0 spiro atoms. The normalized spacial score (nSPS) is 14.2. The number of nitrogens with zero attached hydrogens (tertiary/aromatic N) is 1. The summed E-state index contributed by atoms with van der Waals surface area (Å²) in [6, 6.07) is 11.8. The van der Waals surface area contributed by atoms with E-state index in [0.717, 1.165) is 47.3 Å². The van der Waals surface area contributed by atoms with Gasteiger partial charge < -0.3 is 5.32 Å². The molecule has 0 radical (unpaired) electrons. The highest BCUT2D eigenvalue weighted by Crippen LogP contribution is 2.36. The van der Waals surface area contributed by atoms with Crippen LogP contribution in [0.1, 0.15) is 47.3 Å². The van der Waals surface area contributed by atoms with E-state index in [2.05, 4.69) is 15.6 Å². The van der Waals surface area contributed by atoms with Crippen molar-refractivity contribution in [2.75, 3.05) is 10.6 Å². The Morgan fingerprint density at radius 3 is 2.49 bits per heavy atom. The van der Waals surface area contributed by atoms with Crippen molar-refractivity contribution < 1.29 is 22.8 Å². The lowest BCUT2D eigenvalue weighted by Crippen LogP contribution is -2.23. The Morgan fingerprint density at radius 1 is 1.09 bits per heavy atom. The molecule has 1 heterocycles. The zero-order valence-corrected chi connectivity index (χ0v) is 20.7. The number of thioether (sulfide) groups is 1. The van der Waals surface area contributed by atoms with E-state index in [9.17, 15) is 22.8 Å². The van der Waals surface area contributed by atoms with Crippen molar-refractivity contribution in [3.8, 4) is 0 Å². The molecule has 2 N–H and O–H groups in total. The van der Waals surface area contributed by atoms with Gasteiger partial charge in [-0.2, -0.15) is 13.2 Å². The highest BCUT2D eigenvalue weighted by Gasteiger charge is 2.33. The summed E-state index contributed by atoms with van der Waals surface area (Å²) in [5, 5.41) is 5.31. The number of halogens is 4. The van der Waals surface area contributed by atoms with Crippen LogP contribution in [0.15, 0.2) is 53.4 Å². The molecule has 4 rings (SSSR count). The van der Waals surface area contributed by atoms with Gasteiger partial charge in [0.25, 0.3) is 0 Å². The lowest BCUT2D eigenvalue weighted by atomic mass is 9.93. The maximum atomic E-state index is 13.3. The summed E-state index contributed by atoms with van der Waals surface area (Å²) in [4.78, 5) is 31.0. The number of benzene rings is 2. The molecule has 1 aromatic heterocycles. The molecule has 0 unspecified atom stereocenters. The van der Waals surface area contributed by atoms with E-state index in [-0.39, 0.29) is 28.1 Å². The predicted octanol–water partition coefficient (Wildman–Crippen LogP) is 8.12. The fourth-order valence-electron chi connectivity index (χ4n) is 3.84. The van der Waals surface area contributed by atoms with Crippen LogP contribution in [0.4, 0.5) is 28.8 Å². The monoisotopic (exact) mass is 539 g/mol. The van der Waals surface area contributed by atoms with Crippen molar-refractivity contribution in [2.24, 2.45) is 5.92 Å². The summed E-state index contributed by atoms with van der Waals surface area (Å²) in [6.45, 7) is 0. The number of hydrogen-bond acceptors (Lipinski definition) is 5. The molecule has 35 heavy (non-hydrogen) atoms. The molecule has 5 nitrogen and oxygen atoms in total. The molecule has 0 aliphatic heterocycles. The van der Waals surface area contributed by atoms with Crippen molar-refractivity contribution in [1.29, 1.82) is 0 Å². The Morgan fingerprint density at radius 2 is 1.80 bits per heavy atom. The number of Topliss-reactive ketones (excluding diaryl/α,β-unsaturated/α-hetero) is 1. The van der Waals surface area contributed by atoms with Crippen LogP contribution in [0.25, 0.3) is 0 Å². The number of amides is 2. The lowest BCUT2D eigenvalue weighted by Gasteiger charge is -2.16. The highest BCUT2D eigenvalue weighted by molar-refractivity contribution is 7.98. The molecule has 3 aromatic rings. The fraction of sp³-hybridized carbons (Fsp3) is 0.292. The van der Waals surface area contributed by atoms with Crippen molar-refractivity contribution in [2.45, 2.75) is 42.5 Å². The molecule has 184 valence electrons. The van der Waals surface area contributed by atoms with Crippen LogP contribution >= 0.6 is 34.7 Å². The van der Waals surface area contributed by atoms with Gasteiger partial charge >= 0.3 is 12.2 Å². The summed E-state index contributed by atoms with van der Waals surface area (Å²) < 4.78 is 40.2. The molecule has 1 aliphatic carbocycles. The van der Waals surface area contributed by atoms with Gasteiger partial charge in [-0.1, -0.05) is 54.0 Å². The minimum Gasteiger partial charge on any atom is -0.307 e. The number of rotatable bonds is 7. The van der Waals surface area contributed by atoms with Crippen molar-refractivity contribution >= 4 is 57.3 Å². The Labute approximate surface area is 213 Å². The van der Waals surface area contributed by atoms with E-state index in [1.165, 1.54) is 0 Å². The van der Waals surface area contributed by atoms with E-state index in [1.807, 2.05) is 30.3 Å². The number of anilines is 2. The van der Waals surface area contributed by atoms with E-state index >= 15 is 0 Å². The number of hydrogen-bond donors (Lipinski definition) is 2. The average molecular weight is 540 g/mol. The molecule has 1 fully saturated rings. The third-order valence-electron chi connectivity index (χ3n) is 5.58. The van der Waals surface area contributed by atoms with E-state index in [4.69, 9.17) is 11.6 Å². The molecule has 0 saturated heterocycles. The highest BCUT2D eigenvalue weighted by atomic mass is 35.5. The van der Waals surface area contributed by atoms with Crippen LogP contribution in [0, 0.1) is 5.92 Å². The second kappa shape index (κ2) is 11.0. The van der Waals surface area contributed by atoms with E-state index in [1.54, 1.807) is 11.8 Å². The summed E-state index contributed by atoms with van der Waals surface area (Å²) in [5.41, 5.74) is -0.446. The van der Waals surface area contributed by atoms with Crippen molar-refractivity contribution in [3.05, 3.63) is 69.7 Å². The third kappa shape index (κ3) is 6.56. The largest absolute Gasteiger partial charge is 0.416 e. The molecule has 1 saturated carbocycles. The van der Waals surface area contributed by atoms with Crippen LogP contribution in [-0.4, -0.2) is 16.8 Å². The third-order valence-corrected chi connectivity index (χ3v) is 7.85. The lowest BCUT2D eigenvalue weighted by molar-refractivity contribution is -0.137. The van der Waals surface area contributed by atoms with Crippen molar-refractivity contribution in [1.82, 2.24) is 4.98 Å². The summed E-state index contributed by atoms with van der Waals surface area (Å²) >= 11 is 8.90. The zero-order chi connectivity index (χ0) is 25.0. The number of carbonyl (C=O) groups excluding carboxylic acids is 2. The quantitative estimate of drug-likeness (QED) is 0.235. The molecule has 2 amide bonds. The maximum Gasteiger partial charge on any atom is 0.416 e. The SMILES string of the molecule is O=C(Nc1nc(CSc2ccccc2)c(Cl)s1)Nc1ccc(C(F)(F)F)cc1C(=O)C1CCCC1. The number of nitrogens with one attached hydrogen (secondary N) is 2. The van der Waals surface area contributed by atoms with Gasteiger partial charge in [0.15, 0.2) is 10.9 Å². The van der Waals surface area contributed by atoms with E-state index in [0.29, 0.717) is 28.6 Å².